The summed E-state index contributed by atoms with van der Waals surface area (Å²) in [6.45, 7) is 15.4. The second-order valence-electron chi connectivity index (χ2n) is 15.5. The molecule has 4 heterocycles. The smallest absolute Gasteiger partial charge is 0.272 e. The molecule has 2 aliphatic rings. The Morgan fingerprint density at radius 3 is 1.34 bits per heavy atom. The van der Waals surface area contributed by atoms with Crippen molar-refractivity contribution in [2.45, 2.75) is 34.6 Å². The van der Waals surface area contributed by atoms with Crippen LogP contribution in [0.3, 0.4) is 0 Å². The number of aryl methyl sites for hydroxylation is 4. The largest absolute Gasteiger partial charge is 0.497 e. The van der Waals surface area contributed by atoms with E-state index < -0.39 is 0 Å². The van der Waals surface area contributed by atoms with Crippen molar-refractivity contribution in [1.29, 1.82) is 0 Å². The number of benzene rings is 4. The fourth-order valence-corrected chi connectivity index (χ4v) is 7.85. The molecule has 2 saturated heterocycles. The highest BCUT2D eigenvalue weighted by atomic mass is 16.5. The summed E-state index contributed by atoms with van der Waals surface area (Å²) in [5.74, 6) is 1.59. The van der Waals surface area contributed by atoms with Gasteiger partial charge in [-0.05, 0) is 131 Å². The van der Waals surface area contributed by atoms with Crippen LogP contribution in [0.4, 0.5) is 11.4 Å². The minimum Gasteiger partial charge on any atom is -0.497 e. The van der Waals surface area contributed by atoms with Gasteiger partial charge in [0.05, 0.1) is 37.0 Å². The molecule has 13 heteroatoms. The highest BCUT2D eigenvalue weighted by Gasteiger charge is 2.28. The summed E-state index contributed by atoms with van der Waals surface area (Å²) < 4.78 is 13.9. The Labute approximate surface area is 357 Å². The molecule has 0 atom stereocenters. The van der Waals surface area contributed by atoms with E-state index in [1.54, 1.807) is 30.5 Å². The van der Waals surface area contributed by atoms with Gasteiger partial charge < -0.3 is 29.1 Å². The van der Waals surface area contributed by atoms with Gasteiger partial charge in [-0.15, -0.1) is 0 Å². The highest BCUT2D eigenvalue weighted by Crippen LogP contribution is 2.25. The van der Waals surface area contributed by atoms with Gasteiger partial charge in [0.15, 0.2) is 5.78 Å². The molecule has 6 aromatic rings. The van der Waals surface area contributed by atoms with E-state index in [9.17, 15) is 14.4 Å². The van der Waals surface area contributed by atoms with Gasteiger partial charge in [-0.25, -0.2) is 9.36 Å². The third-order valence-corrected chi connectivity index (χ3v) is 11.2. The van der Waals surface area contributed by atoms with Crippen molar-refractivity contribution in [3.05, 3.63) is 143 Å². The first-order valence-corrected chi connectivity index (χ1v) is 20.6. The van der Waals surface area contributed by atoms with Gasteiger partial charge >= 0.3 is 0 Å². The summed E-state index contributed by atoms with van der Waals surface area (Å²) >= 11 is 0. The Morgan fingerprint density at radius 1 is 0.508 bits per heavy atom. The Kier molecular flexibility index (Phi) is 12.9. The normalized spacial score (nSPS) is 14.0. The predicted octanol–water partition coefficient (Wildman–Crippen LogP) is 7.12. The number of rotatable bonds is 9. The maximum absolute atomic E-state index is 13.3. The topological polar surface area (TPSA) is 118 Å². The van der Waals surface area contributed by atoms with Crippen LogP contribution in [0.5, 0.6) is 11.5 Å². The number of methoxy groups -OCH3 is 2. The number of hydrogen-bond acceptors (Lipinski definition) is 9. The first-order valence-electron chi connectivity index (χ1n) is 20.6. The van der Waals surface area contributed by atoms with Crippen molar-refractivity contribution in [2.75, 3.05) is 76.4 Å². The zero-order valence-corrected chi connectivity index (χ0v) is 36.1. The second kappa shape index (κ2) is 18.6. The summed E-state index contributed by atoms with van der Waals surface area (Å²) in [6, 6.07) is 33.0. The number of amides is 2. The van der Waals surface area contributed by atoms with Crippen molar-refractivity contribution in [3.63, 3.8) is 0 Å². The molecule has 2 amide bonds. The maximum Gasteiger partial charge on any atom is 0.272 e. The van der Waals surface area contributed by atoms with E-state index in [-0.39, 0.29) is 17.6 Å². The van der Waals surface area contributed by atoms with Crippen LogP contribution in [0.15, 0.2) is 103 Å². The van der Waals surface area contributed by atoms with E-state index in [1.807, 2.05) is 109 Å². The molecule has 8 rings (SSSR count). The fraction of sp³-hybridized carbons (Fsp3) is 0.312. The number of carbonyl (C=O) groups excluding carboxylic acids is 3. The number of anilines is 2. The lowest BCUT2D eigenvalue weighted by Gasteiger charge is -2.36. The molecule has 0 radical (unpaired) electrons. The molecule has 13 nitrogen and oxygen atoms in total. The Morgan fingerprint density at radius 2 is 0.934 bits per heavy atom. The molecule has 0 spiro atoms. The Bertz CT molecular complexity index is 2480. The first kappa shape index (κ1) is 42.2. The van der Waals surface area contributed by atoms with Crippen LogP contribution in [0.1, 0.15) is 60.8 Å². The lowest BCUT2D eigenvalue weighted by Crippen LogP contribution is -2.49. The molecule has 0 N–H and O–H groups in total. The van der Waals surface area contributed by atoms with E-state index in [0.29, 0.717) is 43.1 Å². The van der Waals surface area contributed by atoms with Crippen LogP contribution in [0.2, 0.25) is 0 Å². The lowest BCUT2D eigenvalue weighted by molar-refractivity contribution is 0.0730. The maximum atomic E-state index is 13.3. The molecule has 0 saturated carbocycles. The fourth-order valence-electron chi connectivity index (χ4n) is 7.85. The molecule has 61 heavy (non-hydrogen) atoms. The van der Waals surface area contributed by atoms with Crippen LogP contribution < -0.4 is 19.3 Å². The van der Waals surface area contributed by atoms with Crippen LogP contribution in [-0.4, -0.2) is 114 Å². The highest BCUT2D eigenvalue weighted by molar-refractivity contribution is 5.95. The van der Waals surface area contributed by atoms with Crippen LogP contribution in [-0.2, 0) is 0 Å². The average Bonchev–Trinajstić information content (AvgIpc) is 3.88. The first-order chi connectivity index (χ1) is 29.4. The molecule has 2 aromatic heterocycles. The van der Waals surface area contributed by atoms with Crippen LogP contribution >= 0.6 is 0 Å². The van der Waals surface area contributed by atoms with Gasteiger partial charge in [0.2, 0.25) is 0 Å². The van der Waals surface area contributed by atoms with Crippen molar-refractivity contribution in [3.8, 4) is 22.9 Å². The number of aromatic nitrogens is 4. The minimum absolute atomic E-state index is 0.0201. The van der Waals surface area contributed by atoms with E-state index in [1.165, 1.54) is 16.8 Å². The summed E-state index contributed by atoms with van der Waals surface area (Å²) in [4.78, 5) is 46.5. The van der Waals surface area contributed by atoms with E-state index in [2.05, 4.69) is 52.0 Å². The van der Waals surface area contributed by atoms with Gasteiger partial charge in [0.25, 0.3) is 11.8 Å². The monoisotopic (exact) mass is 822 g/mol. The molecule has 316 valence electrons. The van der Waals surface area contributed by atoms with Crippen molar-refractivity contribution >= 4 is 29.0 Å². The summed E-state index contributed by atoms with van der Waals surface area (Å²) in [5, 5.41) is 9.08. The number of Topliss-reactive ketones (excluding diaryl/α,β-unsaturated/α-hetero) is 1. The third kappa shape index (κ3) is 9.62. The van der Waals surface area contributed by atoms with Crippen LogP contribution in [0, 0.1) is 27.7 Å². The van der Waals surface area contributed by atoms with E-state index in [4.69, 9.17) is 9.47 Å². The van der Waals surface area contributed by atoms with Crippen molar-refractivity contribution < 1.29 is 23.9 Å². The summed E-state index contributed by atoms with van der Waals surface area (Å²) in [7, 11) is 3.26. The molecule has 0 bridgehead atoms. The number of ketones is 1. The minimum atomic E-state index is -0.0250. The molecule has 2 fully saturated rings. The quantitative estimate of drug-likeness (QED) is 0.141. The molecular formula is C48H54N8O5. The number of carbonyl (C=O) groups is 3. The van der Waals surface area contributed by atoms with Crippen molar-refractivity contribution in [1.82, 2.24) is 29.4 Å². The third-order valence-electron chi connectivity index (χ3n) is 11.2. The standard InChI is InChI=1S/C24H26N4O3.C24H28N4O2/c1-17-16-23(28(25-17)21-8-10-22(31-3)11-9-21)24(30)27-14-12-26(13-15-27)20-6-4-19(5-7-20)18(2)29;1-17-5-10-22(18(2)15-17)26-11-13-27(14-12-26)24(29)23-16-19(3)25-28(23)20-6-8-21(30-4)9-7-20/h4-11,16H,12-15H2,1-3H3;5-10,15-16H,11-14H2,1-4H3. The average molecular weight is 823 g/mol. The number of nitrogens with zero attached hydrogens (tertiary/aromatic N) is 8. The molecule has 4 aromatic carbocycles. The Hall–Kier alpha value is -6.89. The second-order valence-corrected chi connectivity index (χ2v) is 15.5. The van der Waals surface area contributed by atoms with Gasteiger partial charge in [0, 0.05) is 69.3 Å². The zero-order valence-electron chi connectivity index (χ0n) is 36.1. The Balaban J connectivity index is 0.000000184. The lowest BCUT2D eigenvalue weighted by atomic mass is 10.1. The molecule has 2 aliphatic heterocycles. The van der Waals surface area contributed by atoms with Gasteiger partial charge in [-0.3, -0.25) is 14.4 Å². The SMILES string of the molecule is COc1ccc(-n2nc(C)cc2C(=O)N2CCN(c3ccc(C(C)=O)cc3)CC2)cc1.COc1ccc(-n2nc(C)cc2C(=O)N2CCN(c3ccc(C)cc3C)CC2)cc1. The predicted molar refractivity (Wildman–Crippen MR) is 238 cm³/mol. The molecule has 0 aliphatic carbocycles. The van der Waals surface area contributed by atoms with Gasteiger partial charge in [-0.1, -0.05) is 17.7 Å². The number of piperazine rings is 2. The van der Waals surface area contributed by atoms with Crippen LogP contribution in [0.25, 0.3) is 11.4 Å². The van der Waals surface area contributed by atoms with E-state index in [0.717, 1.165) is 66.1 Å². The van der Waals surface area contributed by atoms with E-state index >= 15 is 0 Å². The zero-order chi connectivity index (χ0) is 43.2. The number of hydrogen-bond donors (Lipinski definition) is 0. The molecule has 0 unspecified atom stereocenters. The summed E-state index contributed by atoms with van der Waals surface area (Å²) in [6.07, 6.45) is 0. The van der Waals surface area contributed by atoms with Gasteiger partial charge in [-0.2, -0.15) is 10.2 Å². The molecular weight excluding hydrogens is 769 g/mol. The number of ether oxygens (including phenoxy) is 2. The summed E-state index contributed by atoms with van der Waals surface area (Å²) in [5.41, 5.74) is 10.0. The van der Waals surface area contributed by atoms with Gasteiger partial charge in [0.1, 0.15) is 22.9 Å². The van der Waals surface area contributed by atoms with Crippen molar-refractivity contribution in [2.24, 2.45) is 0 Å².